The Morgan fingerprint density at radius 1 is 1.29 bits per heavy atom. The summed E-state index contributed by atoms with van der Waals surface area (Å²) in [5, 5.41) is 7.79. The van der Waals surface area contributed by atoms with Crippen molar-refractivity contribution in [2.24, 2.45) is 0 Å². The van der Waals surface area contributed by atoms with Crippen LogP contribution in [0.5, 0.6) is 0 Å². The largest absolute Gasteiger partial charge is 0.476 e. The van der Waals surface area contributed by atoms with Crippen molar-refractivity contribution >= 4 is 5.97 Å². The van der Waals surface area contributed by atoms with Crippen molar-refractivity contribution in [1.82, 2.24) is 0 Å². The fraction of sp³-hybridized carbons (Fsp3) is 0.500. The molecular weight excluding hydrogens is 218 g/mol. The number of carbonyl (C=O) groups is 1. The van der Waals surface area contributed by atoms with E-state index in [9.17, 15) is 31.1 Å². The Hall–Kier alpha value is -1.21. The van der Waals surface area contributed by atoms with Gasteiger partial charge in [0, 0.05) is 0 Å². The Labute approximate surface area is 73.8 Å². The van der Waals surface area contributed by atoms with Crippen LogP contribution in [0.25, 0.3) is 0 Å². The summed E-state index contributed by atoms with van der Waals surface area (Å²) >= 11 is 0. The number of hydrogen-bond donors (Lipinski definition) is 1. The van der Waals surface area contributed by atoms with Crippen molar-refractivity contribution in [2.75, 3.05) is 0 Å². The smallest absolute Gasteiger partial charge is 0.364 e. The molecule has 82 valence electrons. The number of carboxylic acids is 1. The van der Waals surface area contributed by atoms with Gasteiger partial charge in [-0.05, 0) is 6.08 Å². The zero-order valence-electron chi connectivity index (χ0n) is 6.36. The van der Waals surface area contributed by atoms with Crippen LogP contribution in [-0.2, 0) is 4.79 Å². The normalized spacial score (nSPS) is 15.8. The molecule has 0 rings (SSSR count). The summed E-state index contributed by atoms with van der Waals surface area (Å²) in [4.78, 5) is 9.69. The third-order valence-corrected chi connectivity index (χ3v) is 1.16. The van der Waals surface area contributed by atoms with Crippen molar-refractivity contribution in [3.8, 4) is 0 Å². The predicted molar refractivity (Wildman–Crippen MR) is 32.7 cm³/mol. The summed E-state index contributed by atoms with van der Waals surface area (Å²) in [6.07, 6.45) is -8.73. The first kappa shape index (κ1) is 12.8. The fourth-order valence-electron chi connectivity index (χ4n) is 0.431. The predicted octanol–water partition coefficient (Wildman–Crippen LogP) is 2.16. The Bertz CT molecular complexity index is 249. The van der Waals surface area contributed by atoms with E-state index in [0.717, 1.165) is 0 Å². The van der Waals surface area contributed by atoms with Crippen molar-refractivity contribution in [3.05, 3.63) is 11.9 Å². The van der Waals surface area contributed by atoms with Crippen LogP contribution < -0.4 is 0 Å². The van der Waals surface area contributed by atoms with Gasteiger partial charge in [-0.2, -0.15) is 13.2 Å². The van der Waals surface area contributed by atoms with Gasteiger partial charge in [0.15, 0.2) is 6.17 Å². The molecule has 2 nitrogen and oxygen atoms in total. The molecule has 0 amide bonds. The number of halogens is 6. The first-order chi connectivity index (χ1) is 6.19. The number of aliphatic carboxylic acids is 1. The molecule has 0 radical (unpaired) electrons. The molecule has 1 N–H and O–H groups in total. The van der Waals surface area contributed by atoms with Gasteiger partial charge >= 0.3 is 18.3 Å². The maximum absolute atomic E-state index is 12.2. The average molecular weight is 222 g/mol. The lowest BCUT2D eigenvalue weighted by Crippen LogP contribution is -2.36. The zero-order chi connectivity index (χ0) is 11.5. The maximum atomic E-state index is 12.2. The molecule has 1 unspecified atom stereocenters. The molecule has 8 heteroatoms. The van der Waals surface area contributed by atoms with Gasteiger partial charge in [-0.15, -0.1) is 0 Å². The van der Waals surface area contributed by atoms with Crippen LogP contribution in [0.1, 0.15) is 0 Å². The Kier molecular flexibility index (Phi) is 3.96. The van der Waals surface area contributed by atoms with Crippen LogP contribution in [0.2, 0.25) is 0 Å². The molecule has 0 fully saturated rings. The monoisotopic (exact) mass is 222 g/mol. The van der Waals surface area contributed by atoms with Gasteiger partial charge in [-0.25, -0.2) is 18.0 Å². The molecule has 0 aliphatic carbocycles. The van der Waals surface area contributed by atoms with Gasteiger partial charge in [0.05, 0.1) is 0 Å². The second-order valence-electron chi connectivity index (χ2n) is 2.20. The van der Waals surface area contributed by atoms with Crippen LogP contribution in [0.3, 0.4) is 0 Å². The lowest BCUT2D eigenvalue weighted by molar-refractivity contribution is -0.159. The van der Waals surface area contributed by atoms with E-state index in [1.165, 1.54) is 0 Å². The molecule has 0 saturated carbocycles. The highest BCUT2D eigenvalue weighted by Crippen LogP contribution is 2.30. The van der Waals surface area contributed by atoms with Crippen molar-refractivity contribution in [1.29, 1.82) is 0 Å². The number of allylic oxidation sites excluding steroid dienone is 1. The average Bonchev–Trinajstić information content (AvgIpc) is 2.03. The van der Waals surface area contributed by atoms with Crippen LogP contribution in [0.15, 0.2) is 11.9 Å². The molecule has 0 aromatic rings. The molecule has 0 heterocycles. The molecule has 14 heavy (non-hydrogen) atoms. The van der Waals surface area contributed by atoms with Crippen molar-refractivity contribution < 1.29 is 36.2 Å². The van der Waals surface area contributed by atoms with Crippen molar-refractivity contribution in [2.45, 2.75) is 18.5 Å². The first-order valence-electron chi connectivity index (χ1n) is 3.10. The number of carboxylic acid groups (broad SMARTS) is 1. The standard InChI is InChI=1S/C6H4F6O2/c7-2(4(13)14)1-3(8)6(11,12)5(9)10/h1,3,5H,(H,13,14). The SMILES string of the molecule is O=C(O)C(F)=CC(F)C(F)(F)C(F)F. The zero-order valence-corrected chi connectivity index (χ0v) is 6.36. The van der Waals surface area contributed by atoms with Gasteiger partial charge in [0.2, 0.25) is 5.83 Å². The summed E-state index contributed by atoms with van der Waals surface area (Å²) in [6, 6.07) is 0. The van der Waals surface area contributed by atoms with E-state index < -0.39 is 36.4 Å². The highest BCUT2D eigenvalue weighted by atomic mass is 19.3. The number of rotatable bonds is 4. The topological polar surface area (TPSA) is 37.3 Å². The van der Waals surface area contributed by atoms with E-state index >= 15 is 0 Å². The molecule has 0 saturated heterocycles. The maximum Gasteiger partial charge on any atom is 0.364 e. The molecule has 0 aromatic carbocycles. The van der Waals surface area contributed by atoms with E-state index in [0.29, 0.717) is 0 Å². The summed E-state index contributed by atoms with van der Waals surface area (Å²) in [5.41, 5.74) is 0. The van der Waals surface area contributed by atoms with Gasteiger partial charge in [0.1, 0.15) is 0 Å². The van der Waals surface area contributed by atoms with Crippen molar-refractivity contribution in [3.63, 3.8) is 0 Å². The molecular formula is C6H4F6O2. The Morgan fingerprint density at radius 2 is 1.71 bits per heavy atom. The van der Waals surface area contributed by atoms with E-state index in [2.05, 4.69) is 0 Å². The molecule has 0 aliphatic rings. The molecule has 0 spiro atoms. The minimum atomic E-state index is -5.10. The van der Waals surface area contributed by atoms with Crippen LogP contribution in [0.4, 0.5) is 26.3 Å². The van der Waals surface area contributed by atoms with Gasteiger partial charge in [-0.3, -0.25) is 0 Å². The van der Waals surface area contributed by atoms with Gasteiger partial charge in [0.25, 0.3) is 0 Å². The second-order valence-corrected chi connectivity index (χ2v) is 2.20. The van der Waals surface area contributed by atoms with Gasteiger partial charge < -0.3 is 5.11 Å². The number of hydrogen-bond acceptors (Lipinski definition) is 1. The Morgan fingerprint density at radius 3 is 2.00 bits per heavy atom. The lowest BCUT2D eigenvalue weighted by atomic mass is 10.2. The van der Waals surface area contributed by atoms with E-state index in [4.69, 9.17) is 5.11 Å². The molecule has 0 aromatic heterocycles. The fourth-order valence-corrected chi connectivity index (χ4v) is 0.431. The first-order valence-corrected chi connectivity index (χ1v) is 3.10. The lowest BCUT2D eigenvalue weighted by Gasteiger charge is -2.16. The Balaban J connectivity index is 4.72. The quantitative estimate of drug-likeness (QED) is 0.584. The summed E-state index contributed by atoms with van der Waals surface area (Å²) in [5.74, 6) is -9.66. The van der Waals surface area contributed by atoms with Crippen LogP contribution >= 0.6 is 0 Å². The molecule has 1 atom stereocenters. The van der Waals surface area contributed by atoms with E-state index in [1.807, 2.05) is 0 Å². The summed E-state index contributed by atoms with van der Waals surface area (Å²) in [6.45, 7) is 0. The van der Waals surface area contributed by atoms with Gasteiger partial charge in [-0.1, -0.05) is 0 Å². The van der Waals surface area contributed by atoms with E-state index in [-0.39, 0.29) is 0 Å². The third-order valence-electron chi connectivity index (χ3n) is 1.16. The third kappa shape index (κ3) is 2.93. The minimum Gasteiger partial charge on any atom is -0.476 e. The van der Waals surface area contributed by atoms with Crippen LogP contribution in [-0.4, -0.2) is 29.6 Å². The van der Waals surface area contributed by atoms with Crippen LogP contribution in [0, 0.1) is 0 Å². The minimum absolute atomic E-state index is 0.714. The molecule has 0 aliphatic heterocycles. The summed E-state index contributed by atoms with van der Waals surface area (Å²) in [7, 11) is 0. The summed E-state index contributed by atoms with van der Waals surface area (Å²) < 4.78 is 71.2. The highest BCUT2D eigenvalue weighted by molar-refractivity contribution is 5.83. The number of alkyl halides is 5. The molecule has 0 bridgehead atoms. The second kappa shape index (κ2) is 4.34. The highest BCUT2D eigenvalue weighted by Gasteiger charge is 2.49. The van der Waals surface area contributed by atoms with E-state index in [1.54, 1.807) is 0 Å².